The summed E-state index contributed by atoms with van der Waals surface area (Å²) in [5.74, 6) is 0.826. The van der Waals surface area contributed by atoms with E-state index in [0.29, 0.717) is 12.1 Å². The first kappa shape index (κ1) is 13.7. The topological polar surface area (TPSA) is 29.9 Å². The molecule has 1 aromatic heterocycles. The second-order valence-corrected chi connectivity index (χ2v) is 4.53. The summed E-state index contributed by atoms with van der Waals surface area (Å²) in [6.45, 7) is 6.33. The van der Waals surface area contributed by atoms with Crippen LogP contribution in [0, 0.1) is 5.82 Å². The quantitative estimate of drug-likeness (QED) is 0.866. The van der Waals surface area contributed by atoms with Crippen molar-refractivity contribution in [2.45, 2.75) is 33.4 Å². The average molecular weight is 261 g/mol. The van der Waals surface area contributed by atoms with Crippen LogP contribution in [0.2, 0.25) is 0 Å². The number of imidazole rings is 1. The van der Waals surface area contributed by atoms with Crippen molar-refractivity contribution in [3.63, 3.8) is 0 Å². The lowest BCUT2D eigenvalue weighted by Gasteiger charge is -2.10. The number of nitrogens with zero attached hydrogens (tertiary/aromatic N) is 2. The van der Waals surface area contributed by atoms with Gasteiger partial charge in [0.2, 0.25) is 0 Å². The first-order chi connectivity index (χ1) is 9.24. The Kier molecular flexibility index (Phi) is 4.68. The van der Waals surface area contributed by atoms with E-state index in [-0.39, 0.29) is 5.82 Å². The third-order valence-corrected chi connectivity index (χ3v) is 3.15. The summed E-state index contributed by atoms with van der Waals surface area (Å²) in [6, 6.07) is 5.30. The van der Waals surface area contributed by atoms with E-state index < -0.39 is 0 Å². The Morgan fingerprint density at radius 3 is 2.89 bits per heavy atom. The Balaban J connectivity index is 2.19. The molecular formula is C15H20FN3. The van der Waals surface area contributed by atoms with E-state index in [9.17, 15) is 4.39 Å². The number of aromatic nitrogens is 2. The number of rotatable bonds is 6. The summed E-state index contributed by atoms with van der Waals surface area (Å²) in [5, 5.41) is 3.25. The molecule has 1 N–H and O–H groups in total. The maximum Gasteiger partial charge on any atom is 0.128 e. The number of hydrogen-bond acceptors (Lipinski definition) is 2. The minimum absolute atomic E-state index is 0.156. The molecule has 1 aromatic carbocycles. The van der Waals surface area contributed by atoms with Crippen molar-refractivity contribution in [3.05, 3.63) is 53.4 Å². The number of benzene rings is 1. The number of hydrogen-bond donors (Lipinski definition) is 1. The summed E-state index contributed by atoms with van der Waals surface area (Å²) in [6.07, 6.45) is 4.51. The second kappa shape index (κ2) is 6.48. The van der Waals surface area contributed by atoms with Gasteiger partial charge in [0.25, 0.3) is 0 Å². The van der Waals surface area contributed by atoms with Crippen LogP contribution >= 0.6 is 0 Å². The van der Waals surface area contributed by atoms with Gasteiger partial charge in [-0.15, -0.1) is 0 Å². The smallest absolute Gasteiger partial charge is 0.128 e. The molecule has 0 amide bonds. The molecule has 1 heterocycles. The fourth-order valence-corrected chi connectivity index (χ4v) is 2.11. The summed E-state index contributed by atoms with van der Waals surface area (Å²) in [7, 11) is 0. The third-order valence-electron chi connectivity index (χ3n) is 3.15. The van der Waals surface area contributed by atoms with Gasteiger partial charge in [-0.05, 0) is 24.2 Å². The predicted molar refractivity (Wildman–Crippen MR) is 74.5 cm³/mol. The monoisotopic (exact) mass is 261 g/mol. The first-order valence-electron chi connectivity index (χ1n) is 6.72. The largest absolute Gasteiger partial charge is 0.330 e. The van der Waals surface area contributed by atoms with Crippen molar-refractivity contribution >= 4 is 0 Å². The lowest BCUT2D eigenvalue weighted by Crippen LogP contribution is -2.12. The normalized spacial score (nSPS) is 10.9. The highest BCUT2D eigenvalue weighted by Gasteiger charge is 2.07. The fraction of sp³-hybridized carbons (Fsp3) is 0.400. The van der Waals surface area contributed by atoms with Crippen LogP contribution in [0.3, 0.4) is 0 Å². The molecule has 4 heteroatoms. The Hall–Kier alpha value is -1.68. The molecule has 0 aliphatic rings. The van der Waals surface area contributed by atoms with Crippen molar-refractivity contribution in [1.29, 1.82) is 0 Å². The second-order valence-electron chi connectivity index (χ2n) is 4.53. The first-order valence-corrected chi connectivity index (χ1v) is 6.72. The zero-order valence-electron chi connectivity index (χ0n) is 11.5. The Morgan fingerprint density at radius 1 is 1.32 bits per heavy atom. The van der Waals surface area contributed by atoms with E-state index in [2.05, 4.69) is 24.1 Å². The lowest BCUT2D eigenvalue weighted by molar-refractivity contribution is 0.592. The standard InChI is InChI=1S/C15H20FN3/c1-3-15-18-7-8-19(15)11-13-9-12(10-17-4-2)5-6-14(13)16/h5-9,17H,3-4,10-11H2,1-2H3. The summed E-state index contributed by atoms with van der Waals surface area (Å²) in [4.78, 5) is 4.26. The minimum Gasteiger partial charge on any atom is -0.330 e. The van der Waals surface area contributed by atoms with E-state index in [4.69, 9.17) is 0 Å². The summed E-state index contributed by atoms with van der Waals surface area (Å²) >= 11 is 0. The van der Waals surface area contributed by atoms with Crippen molar-refractivity contribution in [1.82, 2.24) is 14.9 Å². The van der Waals surface area contributed by atoms with Crippen molar-refractivity contribution in [2.75, 3.05) is 6.54 Å². The Morgan fingerprint density at radius 2 is 2.16 bits per heavy atom. The molecule has 102 valence electrons. The highest BCUT2D eigenvalue weighted by atomic mass is 19.1. The highest BCUT2D eigenvalue weighted by Crippen LogP contribution is 2.13. The predicted octanol–water partition coefficient (Wildman–Crippen LogP) is 2.74. The maximum atomic E-state index is 13.9. The molecule has 3 nitrogen and oxygen atoms in total. The Bertz CT molecular complexity index is 534. The van der Waals surface area contributed by atoms with Gasteiger partial charge < -0.3 is 9.88 Å². The van der Waals surface area contributed by atoms with Crippen LogP contribution in [0.25, 0.3) is 0 Å². The maximum absolute atomic E-state index is 13.9. The molecule has 0 aliphatic carbocycles. The summed E-state index contributed by atoms with van der Waals surface area (Å²) < 4.78 is 15.9. The molecule has 19 heavy (non-hydrogen) atoms. The van der Waals surface area contributed by atoms with Gasteiger partial charge in [0.15, 0.2) is 0 Å². The number of aryl methyl sites for hydroxylation is 1. The van der Waals surface area contributed by atoms with Gasteiger partial charge in [0.1, 0.15) is 11.6 Å². The molecule has 0 saturated carbocycles. The van der Waals surface area contributed by atoms with Gasteiger partial charge in [-0.1, -0.05) is 19.9 Å². The van der Waals surface area contributed by atoms with Crippen LogP contribution in [0.5, 0.6) is 0 Å². The van der Waals surface area contributed by atoms with Crippen LogP contribution in [-0.4, -0.2) is 16.1 Å². The summed E-state index contributed by atoms with van der Waals surface area (Å²) in [5.41, 5.74) is 1.82. The molecule has 0 spiro atoms. The van der Waals surface area contributed by atoms with Gasteiger partial charge in [0, 0.05) is 30.9 Å². The average Bonchev–Trinajstić information content (AvgIpc) is 2.87. The van der Waals surface area contributed by atoms with Crippen LogP contribution in [0.4, 0.5) is 4.39 Å². The van der Waals surface area contributed by atoms with Gasteiger partial charge in [0.05, 0.1) is 6.54 Å². The van der Waals surface area contributed by atoms with Crippen molar-refractivity contribution in [2.24, 2.45) is 0 Å². The zero-order chi connectivity index (χ0) is 13.7. The van der Waals surface area contributed by atoms with Gasteiger partial charge in [-0.2, -0.15) is 0 Å². The molecule has 2 rings (SSSR count). The lowest BCUT2D eigenvalue weighted by atomic mass is 10.1. The minimum atomic E-state index is -0.156. The van der Waals surface area contributed by atoms with Crippen molar-refractivity contribution < 1.29 is 4.39 Å². The van der Waals surface area contributed by atoms with Gasteiger partial charge >= 0.3 is 0 Å². The highest BCUT2D eigenvalue weighted by molar-refractivity contribution is 5.25. The van der Waals surface area contributed by atoms with Crippen LogP contribution in [0.15, 0.2) is 30.6 Å². The van der Waals surface area contributed by atoms with E-state index >= 15 is 0 Å². The van der Waals surface area contributed by atoms with Gasteiger partial charge in [-0.3, -0.25) is 0 Å². The van der Waals surface area contributed by atoms with Crippen LogP contribution in [0.1, 0.15) is 30.8 Å². The van der Waals surface area contributed by atoms with Crippen molar-refractivity contribution in [3.8, 4) is 0 Å². The zero-order valence-corrected chi connectivity index (χ0v) is 11.5. The van der Waals surface area contributed by atoms with Crippen LogP contribution in [-0.2, 0) is 19.5 Å². The van der Waals surface area contributed by atoms with E-state index in [1.165, 1.54) is 0 Å². The van der Waals surface area contributed by atoms with E-state index in [0.717, 1.165) is 30.9 Å². The third kappa shape index (κ3) is 3.41. The molecule has 0 fully saturated rings. The van der Waals surface area contributed by atoms with E-state index in [1.807, 2.05) is 22.9 Å². The van der Waals surface area contributed by atoms with Crippen LogP contribution < -0.4 is 5.32 Å². The van der Waals surface area contributed by atoms with Gasteiger partial charge in [-0.25, -0.2) is 9.37 Å². The molecule has 0 unspecified atom stereocenters. The molecule has 0 bridgehead atoms. The number of halogens is 1. The van der Waals surface area contributed by atoms with E-state index in [1.54, 1.807) is 12.3 Å². The molecule has 0 atom stereocenters. The molecule has 0 saturated heterocycles. The SMILES string of the molecule is CCNCc1ccc(F)c(Cn2ccnc2CC)c1. The fourth-order valence-electron chi connectivity index (χ4n) is 2.11. The molecule has 0 radical (unpaired) electrons. The molecular weight excluding hydrogens is 241 g/mol. The Labute approximate surface area is 113 Å². The molecule has 0 aliphatic heterocycles. The molecule has 2 aromatic rings. The number of nitrogens with one attached hydrogen (secondary N) is 1.